The van der Waals surface area contributed by atoms with E-state index in [9.17, 15) is 9.18 Å². The molecule has 7 nitrogen and oxygen atoms in total. The Kier molecular flexibility index (Phi) is 9.96. The summed E-state index contributed by atoms with van der Waals surface area (Å²) < 4.78 is 38.2. The molecule has 1 aromatic carbocycles. The van der Waals surface area contributed by atoms with Gasteiger partial charge in [-0.15, -0.1) is 0 Å². The maximum Gasteiger partial charge on any atom is 0.313 e. The van der Waals surface area contributed by atoms with Crippen molar-refractivity contribution < 1.29 is 18.3 Å². The molecule has 2 aromatic heterocycles. The molecule has 0 aliphatic carbocycles. The summed E-state index contributed by atoms with van der Waals surface area (Å²) in [4.78, 5) is 20.5. The van der Waals surface area contributed by atoms with E-state index in [-0.39, 0.29) is 44.6 Å². The van der Waals surface area contributed by atoms with Gasteiger partial charge < -0.3 is 10.1 Å². The molecule has 2 atom stereocenters. The molecule has 1 saturated heterocycles. The zero-order valence-electron chi connectivity index (χ0n) is 26.4. The third kappa shape index (κ3) is 7.49. The molecule has 12 heteroatoms. The molecule has 1 unspecified atom stereocenters. The number of rotatable bonds is 7. The first-order valence-electron chi connectivity index (χ1n) is 14.6. The lowest BCUT2D eigenvalue weighted by Gasteiger charge is -2.45. The second-order valence-electron chi connectivity index (χ2n) is 13.7. The lowest BCUT2D eigenvalue weighted by Crippen LogP contribution is -2.51. The van der Waals surface area contributed by atoms with Crippen LogP contribution < -0.4 is 5.32 Å². The molecule has 3 aromatic rings. The Morgan fingerprint density at radius 1 is 1.11 bits per heavy atom. The second kappa shape index (κ2) is 12.7. The van der Waals surface area contributed by atoms with Gasteiger partial charge in [0.05, 0.1) is 21.7 Å². The van der Waals surface area contributed by atoms with Crippen LogP contribution in [0.2, 0.25) is 15.1 Å². The standard InChI is InChI=1S/C32H40Cl3F2N5O2/c1-18-14-23(40-42(18)30(3,4)5)39-28-25(35)24(34)27(37)22(38-28)16-32(29(43)44-31(6,7)8)12-13-41(19(2)15-32)17-20-10-9-11-21(33)26(20)36/h9-11,14,19H,12-13,15-17H2,1-8H3,(H,38,39,40)/t19-,32?/m1/s1. The Bertz CT molecular complexity index is 1550. The summed E-state index contributed by atoms with van der Waals surface area (Å²) in [5, 5.41) is 7.37. The molecule has 0 bridgehead atoms. The van der Waals surface area contributed by atoms with E-state index in [0.717, 1.165) is 5.69 Å². The fraction of sp³-hybridized carbons (Fsp3) is 0.531. The smallest absolute Gasteiger partial charge is 0.313 e. The Balaban J connectivity index is 1.68. The summed E-state index contributed by atoms with van der Waals surface area (Å²) in [6, 6.07) is 6.57. The molecule has 0 saturated carbocycles. The molecule has 1 aliphatic heterocycles. The summed E-state index contributed by atoms with van der Waals surface area (Å²) in [5.74, 6) is -1.11. The molecule has 240 valence electrons. The van der Waals surface area contributed by atoms with Crippen LogP contribution in [-0.4, -0.2) is 43.8 Å². The summed E-state index contributed by atoms with van der Waals surface area (Å²) >= 11 is 18.9. The first-order valence-corrected chi connectivity index (χ1v) is 15.7. The molecular weight excluding hydrogens is 631 g/mol. The minimum absolute atomic E-state index is 0.0127. The number of esters is 1. The van der Waals surface area contributed by atoms with Gasteiger partial charge in [0.2, 0.25) is 0 Å². The fourth-order valence-corrected chi connectivity index (χ4v) is 6.29. The van der Waals surface area contributed by atoms with E-state index in [1.165, 1.54) is 6.07 Å². The molecule has 0 radical (unpaired) electrons. The number of ether oxygens (including phenoxy) is 1. The van der Waals surface area contributed by atoms with Gasteiger partial charge in [-0.1, -0.05) is 46.9 Å². The number of anilines is 2. The molecule has 44 heavy (non-hydrogen) atoms. The highest BCUT2D eigenvalue weighted by molar-refractivity contribution is 6.43. The molecule has 1 fully saturated rings. The van der Waals surface area contributed by atoms with E-state index < -0.39 is 28.6 Å². The molecule has 1 N–H and O–H groups in total. The lowest BCUT2D eigenvalue weighted by atomic mass is 9.72. The van der Waals surface area contributed by atoms with Crippen molar-refractivity contribution in [2.45, 2.75) is 98.4 Å². The van der Waals surface area contributed by atoms with Crippen LogP contribution in [0.25, 0.3) is 0 Å². The van der Waals surface area contributed by atoms with Gasteiger partial charge in [-0.2, -0.15) is 5.10 Å². The zero-order valence-corrected chi connectivity index (χ0v) is 28.7. The van der Waals surface area contributed by atoms with Gasteiger partial charge in [-0.05, 0) is 80.8 Å². The lowest BCUT2D eigenvalue weighted by molar-refractivity contribution is -0.172. The number of benzene rings is 1. The fourth-order valence-electron chi connectivity index (χ4n) is 5.72. The van der Waals surface area contributed by atoms with E-state index in [4.69, 9.17) is 39.5 Å². The van der Waals surface area contributed by atoms with Crippen molar-refractivity contribution in [1.29, 1.82) is 0 Å². The molecule has 3 heterocycles. The number of pyridine rings is 1. The van der Waals surface area contributed by atoms with E-state index in [0.29, 0.717) is 37.3 Å². The summed E-state index contributed by atoms with van der Waals surface area (Å²) in [6.45, 7) is 16.1. The first-order chi connectivity index (χ1) is 20.3. The number of carbonyl (C=O) groups is 1. The molecule has 0 amide bonds. The Labute approximate surface area is 273 Å². The average molecular weight is 671 g/mol. The van der Waals surface area contributed by atoms with Crippen molar-refractivity contribution in [2.75, 3.05) is 11.9 Å². The topological polar surface area (TPSA) is 72.3 Å². The van der Waals surface area contributed by atoms with Crippen molar-refractivity contribution in [3.05, 3.63) is 67.9 Å². The number of hydrogen-bond donors (Lipinski definition) is 1. The van der Waals surface area contributed by atoms with Gasteiger partial charge in [0.25, 0.3) is 0 Å². The number of piperidine rings is 1. The summed E-state index contributed by atoms with van der Waals surface area (Å²) in [7, 11) is 0. The van der Waals surface area contributed by atoms with E-state index in [1.807, 2.05) is 45.4 Å². The summed E-state index contributed by atoms with van der Waals surface area (Å²) in [6.07, 6.45) is 0.579. The number of hydrogen-bond acceptors (Lipinski definition) is 6. The monoisotopic (exact) mass is 669 g/mol. The van der Waals surface area contributed by atoms with Crippen LogP contribution in [-0.2, 0) is 28.0 Å². The van der Waals surface area contributed by atoms with Crippen molar-refractivity contribution >= 4 is 52.4 Å². The van der Waals surface area contributed by atoms with Crippen LogP contribution in [0.15, 0.2) is 24.3 Å². The number of aryl methyl sites for hydroxylation is 1. The molecule has 4 rings (SSSR count). The van der Waals surface area contributed by atoms with Crippen LogP contribution in [0.5, 0.6) is 0 Å². The highest BCUT2D eigenvalue weighted by Gasteiger charge is 2.47. The third-order valence-corrected chi connectivity index (χ3v) is 8.90. The highest BCUT2D eigenvalue weighted by atomic mass is 35.5. The van der Waals surface area contributed by atoms with Crippen LogP contribution >= 0.6 is 34.8 Å². The number of aromatic nitrogens is 3. The van der Waals surface area contributed by atoms with E-state index in [2.05, 4.69) is 20.3 Å². The maximum absolute atomic E-state index is 15.7. The van der Waals surface area contributed by atoms with Gasteiger partial charge in [-0.25, -0.2) is 13.8 Å². The molecule has 1 aliphatic rings. The minimum atomic E-state index is -1.12. The Morgan fingerprint density at radius 2 is 1.80 bits per heavy atom. The van der Waals surface area contributed by atoms with Crippen LogP contribution in [0.3, 0.4) is 0 Å². The number of carbonyl (C=O) groups excluding carboxylic acids is 1. The molecule has 0 spiro atoms. The predicted octanol–water partition coefficient (Wildman–Crippen LogP) is 8.88. The molecular formula is C32H40Cl3F2N5O2. The van der Waals surface area contributed by atoms with Crippen LogP contribution in [0.1, 0.15) is 78.3 Å². The van der Waals surface area contributed by atoms with Gasteiger partial charge in [0.15, 0.2) is 17.5 Å². The van der Waals surface area contributed by atoms with E-state index >= 15 is 4.39 Å². The van der Waals surface area contributed by atoms with Gasteiger partial charge >= 0.3 is 5.97 Å². The number of likely N-dealkylation sites (tertiary alicyclic amines) is 1. The van der Waals surface area contributed by atoms with Crippen LogP contribution in [0, 0.1) is 24.0 Å². The van der Waals surface area contributed by atoms with Crippen molar-refractivity contribution in [2.24, 2.45) is 5.41 Å². The number of halogens is 5. The summed E-state index contributed by atoms with van der Waals surface area (Å²) in [5.41, 5.74) is -0.798. The average Bonchev–Trinajstić information content (AvgIpc) is 3.29. The largest absolute Gasteiger partial charge is 0.460 e. The van der Waals surface area contributed by atoms with Crippen molar-refractivity contribution in [3.8, 4) is 0 Å². The van der Waals surface area contributed by atoms with E-state index in [1.54, 1.807) is 32.9 Å². The zero-order chi connectivity index (χ0) is 32.8. The second-order valence-corrected chi connectivity index (χ2v) is 14.8. The van der Waals surface area contributed by atoms with Crippen molar-refractivity contribution in [1.82, 2.24) is 19.7 Å². The third-order valence-electron chi connectivity index (χ3n) is 7.79. The van der Waals surface area contributed by atoms with Crippen molar-refractivity contribution in [3.63, 3.8) is 0 Å². The number of nitrogens with one attached hydrogen (secondary N) is 1. The Hall–Kier alpha value is -2.46. The van der Waals surface area contributed by atoms with Gasteiger partial charge in [0.1, 0.15) is 21.5 Å². The number of nitrogens with zero attached hydrogens (tertiary/aromatic N) is 4. The predicted molar refractivity (Wildman–Crippen MR) is 172 cm³/mol. The maximum atomic E-state index is 15.7. The first kappa shape index (κ1) is 34.4. The normalized spacial score (nSPS) is 19.7. The SMILES string of the molecule is Cc1cc(Nc2nc(CC3(C(=O)OC(C)(C)C)CCN(Cc4cccc(Cl)c4F)[C@H](C)C3)c(F)c(Cl)c2Cl)nn1C(C)(C)C. The van der Waals surface area contributed by atoms with Gasteiger partial charge in [-0.3, -0.25) is 14.4 Å². The van der Waals surface area contributed by atoms with Crippen LogP contribution in [0.4, 0.5) is 20.4 Å². The highest BCUT2D eigenvalue weighted by Crippen LogP contribution is 2.43. The minimum Gasteiger partial charge on any atom is -0.460 e. The van der Waals surface area contributed by atoms with Gasteiger partial charge in [0, 0.05) is 36.3 Å². The Morgan fingerprint density at radius 3 is 2.39 bits per heavy atom. The quantitative estimate of drug-likeness (QED) is 0.253.